The van der Waals surface area contributed by atoms with Gasteiger partial charge in [0.25, 0.3) is 0 Å². The number of nitrogens with one attached hydrogen (secondary N) is 2. The van der Waals surface area contributed by atoms with Crippen molar-refractivity contribution in [3.8, 4) is 11.1 Å². The molecule has 1 saturated carbocycles. The number of rotatable bonds is 6. The van der Waals surface area contributed by atoms with Crippen LogP contribution in [0.2, 0.25) is 0 Å². The van der Waals surface area contributed by atoms with E-state index in [-0.39, 0.29) is 28.5 Å². The second-order valence-electron chi connectivity index (χ2n) is 8.29. The van der Waals surface area contributed by atoms with Gasteiger partial charge in [-0.1, -0.05) is 55.0 Å². The van der Waals surface area contributed by atoms with Crippen LogP contribution in [0.3, 0.4) is 0 Å². The maximum absolute atomic E-state index is 13.1. The summed E-state index contributed by atoms with van der Waals surface area (Å²) >= 11 is 0. The molecule has 0 radical (unpaired) electrons. The van der Waals surface area contributed by atoms with Gasteiger partial charge in [-0.05, 0) is 54.2 Å². The van der Waals surface area contributed by atoms with E-state index in [1.165, 1.54) is 6.07 Å². The molecule has 4 rings (SSSR count). The van der Waals surface area contributed by atoms with E-state index in [0.29, 0.717) is 22.4 Å². The van der Waals surface area contributed by atoms with Crippen LogP contribution >= 0.6 is 0 Å². The molecule has 1 aliphatic rings. The normalized spacial score (nSPS) is 18.1. The van der Waals surface area contributed by atoms with Crippen molar-refractivity contribution in [2.24, 2.45) is 16.8 Å². The van der Waals surface area contributed by atoms with E-state index in [2.05, 4.69) is 5.32 Å². The van der Waals surface area contributed by atoms with Crippen molar-refractivity contribution in [3.05, 3.63) is 83.9 Å². The first-order valence-electron chi connectivity index (χ1n) is 10.7. The van der Waals surface area contributed by atoms with Crippen LogP contribution in [0.15, 0.2) is 77.7 Å². The smallest absolute Gasteiger partial charge is 0.238 e. The maximum atomic E-state index is 13.1. The molecular weight excluding hydrogens is 436 g/mol. The Hall–Kier alpha value is -3.49. The van der Waals surface area contributed by atoms with E-state index >= 15 is 0 Å². The minimum Gasteiger partial charge on any atom is -0.384 e. The van der Waals surface area contributed by atoms with E-state index in [9.17, 15) is 13.2 Å². The van der Waals surface area contributed by atoms with Crippen LogP contribution in [-0.4, -0.2) is 20.2 Å². The summed E-state index contributed by atoms with van der Waals surface area (Å²) in [6.07, 6.45) is 2.65. The van der Waals surface area contributed by atoms with Gasteiger partial charge in [0.15, 0.2) is 0 Å². The number of nitrogen functional groups attached to an aromatic ring is 1. The number of hydrogen-bond acceptors (Lipinski definition) is 4. The molecule has 3 aromatic carbocycles. The predicted molar refractivity (Wildman–Crippen MR) is 129 cm³/mol. The number of benzene rings is 3. The summed E-state index contributed by atoms with van der Waals surface area (Å²) in [6, 6.07) is 21.2. The van der Waals surface area contributed by atoms with Crippen molar-refractivity contribution >= 4 is 27.5 Å². The third kappa shape index (κ3) is 4.97. The van der Waals surface area contributed by atoms with Crippen molar-refractivity contribution in [3.63, 3.8) is 0 Å². The standard InChI is InChI=1S/C25H26N4O3S/c26-24(27)18-6-3-5-17(15-18)20-8-4-9-22(20)25(30)29-19-13-11-16(12-14-19)21-7-1-2-10-23(21)33(28,31)32/h1-3,5-7,10-15,20,22H,4,8-9H2,(H3,26,27)(H,29,30)(H2,28,31,32). The first kappa shape index (κ1) is 22.7. The van der Waals surface area contributed by atoms with Crippen molar-refractivity contribution in [2.45, 2.75) is 30.1 Å². The number of sulfonamides is 1. The number of amidine groups is 1. The third-order valence-corrected chi connectivity index (χ3v) is 7.10. The van der Waals surface area contributed by atoms with Crippen LogP contribution in [0, 0.1) is 11.3 Å². The lowest BCUT2D eigenvalue weighted by Crippen LogP contribution is -2.25. The number of nitrogens with two attached hydrogens (primary N) is 2. The molecule has 3 aromatic rings. The third-order valence-electron chi connectivity index (χ3n) is 6.14. The molecule has 0 bridgehead atoms. The van der Waals surface area contributed by atoms with Crippen molar-refractivity contribution in [1.82, 2.24) is 0 Å². The fraction of sp³-hybridized carbons (Fsp3) is 0.200. The highest BCUT2D eigenvalue weighted by Gasteiger charge is 2.34. The summed E-state index contributed by atoms with van der Waals surface area (Å²) in [5, 5.41) is 16.0. The van der Waals surface area contributed by atoms with Crippen LogP contribution in [0.25, 0.3) is 11.1 Å². The Morgan fingerprint density at radius 1 is 0.970 bits per heavy atom. The zero-order valence-electron chi connectivity index (χ0n) is 18.0. The van der Waals surface area contributed by atoms with Gasteiger partial charge in [-0.3, -0.25) is 10.2 Å². The van der Waals surface area contributed by atoms with E-state index in [1.54, 1.807) is 48.5 Å². The highest BCUT2D eigenvalue weighted by atomic mass is 32.2. The highest BCUT2D eigenvalue weighted by Crippen LogP contribution is 2.40. The fourth-order valence-electron chi connectivity index (χ4n) is 4.53. The zero-order chi connectivity index (χ0) is 23.6. The van der Waals surface area contributed by atoms with Gasteiger partial charge >= 0.3 is 0 Å². The first-order valence-corrected chi connectivity index (χ1v) is 12.3. The second kappa shape index (κ2) is 9.17. The van der Waals surface area contributed by atoms with Crippen LogP contribution in [-0.2, 0) is 14.8 Å². The Bertz CT molecular complexity index is 1300. The number of primary sulfonamides is 1. The van der Waals surface area contributed by atoms with Gasteiger partial charge in [0.1, 0.15) is 5.84 Å². The van der Waals surface area contributed by atoms with E-state index < -0.39 is 10.0 Å². The molecule has 0 spiro atoms. The monoisotopic (exact) mass is 462 g/mol. The molecule has 0 aromatic heterocycles. The summed E-state index contributed by atoms with van der Waals surface area (Å²) in [6.45, 7) is 0. The van der Waals surface area contributed by atoms with Gasteiger partial charge in [0.2, 0.25) is 15.9 Å². The van der Waals surface area contributed by atoms with Crippen molar-refractivity contribution in [1.29, 1.82) is 5.41 Å². The SMILES string of the molecule is N=C(N)c1cccc(C2CCCC2C(=O)Nc2ccc(-c3ccccc3S(N)(=O)=O)cc2)c1. The Morgan fingerprint density at radius 2 is 1.70 bits per heavy atom. The summed E-state index contributed by atoms with van der Waals surface area (Å²) in [5.41, 5.74) is 9.16. The molecular formula is C25H26N4O3S. The number of carbonyl (C=O) groups is 1. The number of hydrogen-bond donors (Lipinski definition) is 4. The summed E-state index contributed by atoms with van der Waals surface area (Å²) in [4.78, 5) is 13.1. The molecule has 7 nitrogen and oxygen atoms in total. The minimum atomic E-state index is -3.85. The Balaban J connectivity index is 1.52. The predicted octanol–water partition coefficient (Wildman–Crippen LogP) is 3.81. The quantitative estimate of drug-likeness (QED) is 0.327. The van der Waals surface area contributed by atoms with Gasteiger partial charge in [0, 0.05) is 22.7 Å². The summed E-state index contributed by atoms with van der Waals surface area (Å²) in [5.74, 6) is -0.136. The molecule has 2 unspecified atom stereocenters. The molecule has 0 aliphatic heterocycles. The van der Waals surface area contributed by atoms with Crippen molar-refractivity contribution in [2.75, 3.05) is 5.32 Å². The molecule has 1 aliphatic carbocycles. The van der Waals surface area contributed by atoms with Gasteiger partial charge in [-0.2, -0.15) is 0 Å². The molecule has 1 fully saturated rings. The number of anilines is 1. The van der Waals surface area contributed by atoms with Gasteiger partial charge in [-0.15, -0.1) is 0 Å². The van der Waals surface area contributed by atoms with Crippen LogP contribution < -0.4 is 16.2 Å². The maximum Gasteiger partial charge on any atom is 0.238 e. The molecule has 1 amide bonds. The lowest BCUT2D eigenvalue weighted by atomic mass is 9.87. The summed E-state index contributed by atoms with van der Waals surface area (Å²) < 4.78 is 23.8. The Morgan fingerprint density at radius 3 is 2.39 bits per heavy atom. The Kier molecular flexibility index (Phi) is 6.31. The largest absolute Gasteiger partial charge is 0.384 e. The minimum absolute atomic E-state index is 0.0138. The molecule has 2 atom stereocenters. The highest BCUT2D eigenvalue weighted by molar-refractivity contribution is 7.89. The molecule has 8 heteroatoms. The fourth-order valence-corrected chi connectivity index (χ4v) is 5.29. The molecule has 33 heavy (non-hydrogen) atoms. The van der Waals surface area contributed by atoms with Gasteiger partial charge in [-0.25, -0.2) is 13.6 Å². The van der Waals surface area contributed by atoms with E-state index in [4.69, 9.17) is 16.3 Å². The molecule has 170 valence electrons. The second-order valence-corrected chi connectivity index (χ2v) is 9.82. The zero-order valence-corrected chi connectivity index (χ0v) is 18.8. The molecule has 0 heterocycles. The molecule has 6 N–H and O–H groups in total. The molecule has 0 saturated heterocycles. The van der Waals surface area contributed by atoms with Gasteiger partial charge in [0.05, 0.1) is 4.90 Å². The topological polar surface area (TPSA) is 139 Å². The lowest BCUT2D eigenvalue weighted by Gasteiger charge is -2.20. The van der Waals surface area contributed by atoms with Gasteiger partial charge < -0.3 is 11.1 Å². The van der Waals surface area contributed by atoms with E-state index in [1.807, 2.05) is 18.2 Å². The average Bonchev–Trinajstić information content (AvgIpc) is 3.29. The Labute approximate surface area is 193 Å². The van der Waals surface area contributed by atoms with Crippen LogP contribution in [0.1, 0.15) is 36.3 Å². The van der Waals surface area contributed by atoms with E-state index in [0.717, 1.165) is 24.8 Å². The number of carbonyl (C=O) groups excluding carboxylic acids is 1. The summed E-state index contributed by atoms with van der Waals surface area (Å²) in [7, 11) is -3.85. The first-order chi connectivity index (χ1) is 15.7. The lowest BCUT2D eigenvalue weighted by molar-refractivity contribution is -0.120. The average molecular weight is 463 g/mol. The number of amides is 1. The van der Waals surface area contributed by atoms with Crippen molar-refractivity contribution < 1.29 is 13.2 Å². The van der Waals surface area contributed by atoms with Crippen LogP contribution in [0.4, 0.5) is 5.69 Å². The van der Waals surface area contributed by atoms with Crippen LogP contribution in [0.5, 0.6) is 0 Å².